The van der Waals surface area contributed by atoms with Crippen LogP contribution >= 0.6 is 0 Å². The van der Waals surface area contributed by atoms with Crippen molar-refractivity contribution in [1.29, 1.82) is 0 Å². The highest BCUT2D eigenvalue weighted by Gasteiger charge is 2.41. The van der Waals surface area contributed by atoms with Gasteiger partial charge in [0.05, 0.1) is 5.41 Å². The maximum Gasteiger partial charge on any atom is 0.311 e. The number of aliphatic carboxylic acids is 1. The van der Waals surface area contributed by atoms with Crippen LogP contribution in [0.15, 0.2) is 23.9 Å². The zero-order valence-electron chi connectivity index (χ0n) is 12.5. The van der Waals surface area contributed by atoms with Crippen molar-refractivity contribution in [1.82, 2.24) is 9.97 Å². The van der Waals surface area contributed by atoms with Gasteiger partial charge in [0.15, 0.2) is 0 Å². The van der Waals surface area contributed by atoms with Crippen molar-refractivity contribution in [3.05, 3.63) is 23.9 Å². The van der Waals surface area contributed by atoms with Crippen LogP contribution in [0.25, 0.3) is 0 Å². The largest absolute Gasteiger partial charge is 0.481 e. The molecule has 21 heavy (non-hydrogen) atoms. The van der Waals surface area contributed by atoms with E-state index in [0.29, 0.717) is 25.2 Å². The molecule has 1 atom stereocenters. The molecule has 1 saturated heterocycles. The summed E-state index contributed by atoms with van der Waals surface area (Å²) < 4.78 is 0. The molecule has 1 aromatic rings. The van der Waals surface area contributed by atoms with Gasteiger partial charge < -0.3 is 15.7 Å². The standard InChI is InChI=1S/C15H22N4O2/c1-11(2)4-7-15(13(20)21)6-3-9-19(10-15)12-5-8-17-14(16)18-12/h4-5,8H,3,6-7,9-10H2,1-2H3,(H,20,21)(H2,16,17,18)/t15-/m0/s1. The summed E-state index contributed by atoms with van der Waals surface area (Å²) in [6, 6.07) is 1.77. The third kappa shape index (κ3) is 3.51. The number of carbonyl (C=O) groups is 1. The fourth-order valence-electron chi connectivity index (χ4n) is 2.70. The van der Waals surface area contributed by atoms with E-state index in [1.807, 2.05) is 24.8 Å². The van der Waals surface area contributed by atoms with E-state index in [2.05, 4.69) is 9.97 Å². The first-order valence-corrected chi connectivity index (χ1v) is 7.13. The maximum atomic E-state index is 11.8. The van der Waals surface area contributed by atoms with Crippen LogP contribution in [0, 0.1) is 5.41 Å². The van der Waals surface area contributed by atoms with Crippen molar-refractivity contribution in [3.8, 4) is 0 Å². The fraction of sp³-hybridized carbons (Fsp3) is 0.533. The Kier molecular flexibility index (Phi) is 4.45. The smallest absolute Gasteiger partial charge is 0.311 e. The molecule has 2 rings (SSSR count). The van der Waals surface area contributed by atoms with Crippen molar-refractivity contribution in [2.24, 2.45) is 5.41 Å². The van der Waals surface area contributed by atoms with Gasteiger partial charge in [0, 0.05) is 19.3 Å². The third-order valence-electron chi connectivity index (χ3n) is 3.92. The molecule has 2 heterocycles. The van der Waals surface area contributed by atoms with E-state index in [0.717, 1.165) is 18.5 Å². The number of nitrogens with zero attached hydrogens (tertiary/aromatic N) is 3. The zero-order chi connectivity index (χ0) is 15.5. The molecule has 0 bridgehead atoms. The summed E-state index contributed by atoms with van der Waals surface area (Å²) in [5.74, 6) is 0.167. The number of allylic oxidation sites excluding steroid dienone is 2. The number of aromatic nitrogens is 2. The van der Waals surface area contributed by atoms with E-state index in [1.54, 1.807) is 12.3 Å². The molecule has 1 aliphatic heterocycles. The molecule has 1 fully saturated rings. The monoisotopic (exact) mass is 290 g/mol. The van der Waals surface area contributed by atoms with Crippen LogP contribution in [-0.2, 0) is 4.79 Å². The second-order valence-electron chi connectivity index (χ2n) is 5.87. The van der Waals surface area contributed by atoms with Crippen LogP contribution in [-0.4, -0.2) is 34.1 Å². The third-order valence-corrected chi connectivity index (χ3v) is 3.92. The van der Waals surface area contributed by atoms with E-state index in [4.69, 9.17) is 5.73 Å². The topological polar surface area (TPSA) is 92.3 Å². The van der Waals surface area contributed by atoms with E-state index in [1.165, 1.54) is 0 Å². The first-order valence-electron chi connectivity index (χ1n) is 7.13. The molecule has 0 aromatic carbocycles. The van der Waals surface area contributed by atoms with Gasteiger partial charge in [0.25, 0.3) is 0 Å². The summed E-state index contributed by atoms with van der Waals surface area (Å²) >= 11 is 0. The molecule has 114 valence electrons. The lowest BCUT2D eigenvalue weighted by molar-refractivity contribution is -0.149. The van der Waals surface area contributed by atoms with Gasteiger partial charge in [-0.15, -0.1) is 0 Å². The average molecular weight is 290 g/mol. The minimum Gasteiger partial charge on any atom is -0.481 e. The summed E-state index contributed by atoms with van der Waals surface area (Å²) in [6.45, 7) is 5.21. The Hall–Kier alpha value is -2.11. The SMILES string of the molecule is CC(C)=CC[C@@]1(C(=O)O)CCCN(c2ccnc(N)n2)C1. The summed E-state index contributed by atoms with van der Waals surface area (Å²) in [7, 11) is 0. The quantitative estimate of drug-likeness (QED) is 0.825. The van der Waals surface area contributed by atoms with Crippen LogP contribution in [0.1, 0.15) is 33.1 Å². The maximum absolute atomic E-state index is 11.8. The van der Waals surface area contributed by atoms with Crippen molar-refractivity contribution in [3.63, 3.8) is 0 Å². The summed E-state index contributed by atoms with van der Waals surface area (Å²) in [6.07, 6.45) is 5.66. The van der Waals surface area contributed by atoms with Gasteiger partial charge in [0.1, 0.15) is 5.82 Å². The average Bonchev–Trinajstić information content (AvgIpc) is 2.45. The number of piperidine rings is 1. The number of nitrogens with two attached hydrogens (primary N) is 1. The first kappa shape index (κ1) is 15.3. The van der Waals surface area contributed by atoms with Gasteiger partial charge in [-0.05, 0) is 39.2 Å². The molecule has 0 radical (unpaired) electrons. The Bertz CT molecular complexity index is 554. The second-order valence-corrected chi connectivity index (χ2v) is 5.87. The molecule has 0 amide bonds. The minimum absolute atomic E-state index is 0.211. The van der Waals surface area contributed by atoms with Gasteiger partial charge in [0.2, 0.25) is 5.95 Å². The predicted octanol–water partition coefficient (Wildman–Crippen LogP) is 2.09. The predicted molar refractivity (Wildman–Crippen MR) is 82.0 cm³/mol. The molecule has 0 spiro atoms. The number of hydrogen-bond acceptors (Lipinski definition) is 5. The molecule has 0 saturated carbocycles. The summed E-state index contributed by atoms with van der Waals surface area (Å²) in [5, 5.41) is 9.71. The van der Waals surface area contributed by atoms with E-state index < -0.39 is 11.4 Å². The Labute approximate surface area is 124 Å². The van der Waals surface area contributed by atoms with Crippen molar-refractivity contribution in [2.45, 2.75) is 33.1 Å². The Morgan fingerprint density at radius 3 is 2.95 bits per heavy atom. The fourth-order valence-corrected chi connectivity index (χ4v) is 2.70. The molecular formula is C15H22N4O2. The van der Waals surface area contributed by atoms with Gasteiger partial charge in [-0.2, -0.15) is 4.98 Å². The molecule has 1 aromatic heterocycles. The van der Waals surface area contributed by atoms with Crippen LogP contribution in [0.4, 0.5) is 11.8 Å². The lowest BCUT2D eigenvalue weighted by atomic mass is 9.76. The summed E-state index contributed by atoms with van der Waals surface area (Å²) in [5.41, 5.74) is 6.00. The number of rotatable bonds is 4. The van der Waals surface area contributed by atoms with E-state index >= 15 is 0 Å². The minimum atomic E-state index is -0.755. The van der Waals surface area contributed by atoms with Crippen LogP contribution in [0.2, 0.25) is 0 Å². The van der Waals surface area contributed by atoms with Gasteiger partial charge >= 0.3 is 5.97 Å². The molecule has 6 heteroatoms. The van der Waals surface area contributed by atoms with Crippen LogP contribution in [0.3, 0.4) is 0 Å². The molecule has 0 unspecified atom stereocenters. The Morgan fingerprint density at radius 1 is 1.57 bits per heavy atom. The van der Waals surface area contributed by atoms with Crippen molar-refractivity contribution < 1.29 is 9.90 Å². The summed E-state index contributed by atoms with van der Waals surface area (Å²) in [4.78, 5) is 21.9. The lowest BCUT2D eigenvalue weighted by Crippen LogP contribution is -2.48. The number of hydrogen-bond donors (Lipinski definition) is 2. The van der Waals surface area contributed by atoms with E-state index in [-0.39, 0.29) is 5.95 Å². The Morgan fingerprint density at radius 2 is 2.33 bits per heavy atom. The van der Waals surface area contributed by atoms with Gasteiger partial charge in [-0.1, -0.05) is 11.6 Å². The normalized spacial score (nSPS) is 21.9. The number of nitrogen functional groups attached to an aromatic ring is 1. The zero-order valence-corrected chi connectivity index (χ0v) is 12.5. The molecule has 0 aliphatic carbocycles. The Balaban J connectivity index is 2.24. The highest BCUT2D eigenvalue weighted by Crippen LogP contribution is 2.36. The molecular weight excluding hydrogens is 268 g/mol. The number of anilines is 2. The highest BCUT2D eigenvalue weighted by atomic mass is 16.4. The van der Waals surface area contributed by atoms with E-state index in [9.17, 15) is 9.90 Å². The van der Waals surface area contributed by atoms with Crippen molar-refractivity contribution in [2.75, 3.05) is 23.7 Å². The number of carboxylic acid groups (broad SMARTS) is 1. The molecule has 6 nitrogen and oxygen atoms in total. The second kappa shape index (κ2) is 6.11. The van der Waals surface area contributed by atoms with Crippen molar-refractivity contribution >= 4 is 17.7 Å². The lowest BCUT2D eigenvalue weighted by Gasteiger charge is -2.40. The highest BCUT2D eigenvalue weighted by molar-refractivity contribution is 5.76. The van der Waals surface area contributed by atoms with Gasteiger partial charge in [-0.3, -0.25) is 4.79 Å². The molecule has 3 N–H and O–H groups in total. The molecule has 1 aliphatic rings. The first-order chi connectivity index (χ1) is 9.93. The van der Waals surface area contributed by atoms with Gasteiger partial charge in [-0.25, -0.2) is 4.98 Å². The van der Waals surface area contributed by atoms with Crippen LogP contribution in [0.5, 0.6) is 0 Å². The van der Waals surface area contributed by atoms with Crippen LogP contribution < -0.4 is 10.6 Å². The number of carboxylic acids is 1.